The molecule has 1 heterocycles. The van der Waals surface area contributed by atoms with Crippen LogP contribution in [0.3, 0.4) is 0 Å². The van der Waals surface area contributed by atoms with Crippen LogP contribution in [0.5, 0.6) is 0 Å². The minimum atomic E-state index is -3.74. The van der Waals surface area contributed by atoms with Crippen LogP contribution in [0.2, 0.25) is 0 Å². The molecule has 0 aliphatic heterocycles. The first-order valence-electron chi connectivity index (χ1n) is 8.81. The number of sulfonamides is 1. The van der Waals surface area contributed by atoms with Crippen LogP contribution in [0.4, 0.5) is 0 Å². The molecule has 3 rings (SSSR count). The topological polar surface area (TPSA) is 88.2 Å². The van der Waals surface area contributed by atoms with Crippen LogP contribution >= 0.6 is 0 Å². The fourth-order valence-corrected chi connectivity index (χ4v) is 3.71. The normalized spacial score (nSPS) is 12.3. The van der Waals surface area contributed by atoms with Crippen molar-refractivity contribution in [1.29, 1.82) is 0 Å². The molecule has 0 aliphatic carbocycles. The molecule has 0 saturated carbocycles. The molecule has 0 unspecified atom stereocenters. The van der Waals surface area contributed by atoms with Crippen molar-refractivity contribution in [3.8, 4) is 0 Å². The highest BCUT2D eigenvalue weighted by molar-refractivity contribution is 7.89. The van der Waals surface area contributed by atoms with E-state index in [9.17, 15) is 13.2 Å². The van der Waals surface area contributed by atoms with E-state index in [1.807, 2.05) is 49.4 Å². The summed E-state index contributed by atoms with van der Waals surface area (Å²) < 4.78 is 27.7. The van der Waals surface area contributed by atoms with E-state index in [0.29, 0.717) is 0 Å². The fourth-order valence-electron chi connectivity index (χ4n) is 2.65. The van der Waals surface area contributed by atoms with Crippen molar-refractivity contribution in [2.45, 2.75) is 24.4 Å². The molecule has 0 radical (unpaired) electrons. The first kappa shape index (κ1) is 19.7. The average molecular weight is 395 g/mol. The minimum absolute atomic E-state index is 0.0431. The van der Waals surface area contributed by atoms with E-state index in [4.69, 9.17) is 0 Å². The van der Waals surface area contributed by atoms with Gasteiger partial charge in [0, 0.05) is 18.3 Å². The van der Waals surface area contributed by atoms with E-state index in [0.717, 1.165) is 11.3 Å². The number of carbonyl (C=O) groups excluding carboxylic acids is 1. The number of hydrogen-bond acceptors (Lipinski definition) is 4. The third-order valence-corrected chi connectivity index (χ3v) is 5.59. The molecule has 1 atom stereocenters. The Bertz CT molecular complexity index is 1040. The summed E-state index contributed by atoms with van der Waals surface area (Å²) in [6.07, 6.45) is 1.66. The molecule has 144 valence electrons. The van der Waals surface area contributed by atoms with Gasteiger partial charge in [-0.25, -0.2) is 13.1 Å². The van der Waals surface area contributed by atoms with E-state index >= 15 is 0 Å². The third-order valence-electron chi connectivity index (χ3n) is 4.19. The van der Waals surface area contributed by atoms with Crippen LogP contribution in [0.25, 0.3) is 0 Å². The smallest absolute Gasteiger partial charge is 0.251 e. The molecule has 2 N–H and O–H groups in total. The van der Waals surface area contributed by atoms with Crippen LogP contribution in [0.1, 0.15) is 34.6 Å². The fraction of sp³-hybridized carbons (Fsp3) is 0.143. The van der Waals surface area contributed by atoms with Crippen molar-refractivity contribution >= 4 is 15.9 Å². The highest BCUT2D eigenvalue weighted by atomic mass is 32.2. The van der Waals surface area contributed by atoms with Crippen LogP contribution in [0, 0.1) is 0 Å². The lowest BCUT2D eigenvalue weighted by Gasteiger charge is -2.14. The zero-order valence-corrected chi connectivity index (χ0v) is 16.2. The number of rotatable bonds is 7. The Kier molecular flexibility index (Phi) is 6.18. The molecule has 0 fully saturated rings. The van der Waals surface area contributed by atoms with E-state index in [1.165, 1.54) is 12.1 Å². The van der Waals surface area contributed by atoms with Crippen molar-refractivity contribution in [2.75, 3.05) is 0 Å². The van der Waals surface area contributed by atoms with E-state index in [2.05, 4.69) is 15.0 Å². The summed E-state index contributed by atoms with van der Waals surface area (Å²) in [5.41, 5.74) is 1.85. The molecule has 7 heteroatoms. The second-order valence-corrected chi connectivity index (χ2v) is 8.05. The third kappa shape index (κ3) is 5.03. The predicted octanol–water partition coefficient (Wildman–Crippen LogP) is 3.05. The molecule has 28 heavy (non-hydrogen) atoms. The number of nitrogens with zero attached hydrogens (tertiary/aromatic N) is 1. The number of nitrogens with one attached hydrogen (secondary N) is 2. The summed E-state index contributed by atoms with van der Waals surface area (Å²) in [7, 11) is -3.74. The summed E-state index contributed by atoms with van der Waals surface area (Å²) in [5, 5.41) is 2.83. The number of carbonyl (C=O) groups is 1. The van der Waals surface area contributed by atoms with Crippen LogP contribution in [-0.2, 0) is 16.6 Å². The Morgan fingerprint density at radius 1 is 1.00 bits per heavy atom. The summed E-state index contributed by atoms with van der Waals surface area (Å²) in [6.45, 7) is 2.00. The summed E-state index contributed by atoms with van der Waals surface area (Å²) >= 11 is 0. The molecule has 0 bridgehead atoms. The summed E-state index contributed by atoms with van der Waals surface area (Å²) in [5.74, 6) is -0.363. The highest BCUT2D eigenvalue weighted by Crippen LogP contribution is 2.14. The maximum absolute atomic E-state index is 12.6. The zero-order valence-electron chi connectivity index (χ0n) is 15.4. The second kappa shape index (κ2) is 8.77. The summed E-state index contributed by atoms with van der Waals surface area (Å²) in [4.78, 5) is 16.8. The lowest BCUT2D eigenvalue weighted by atomic mass is 10.1. The minimum Gasteiger partial charge on any atom is -0.344 e. The Morgan fingerprint density at radius 2 is 1.75 bits per heavy atom. The Labute approximate surface area is 164 Å². The number of benzene rings is 2. The molecule has 0 saturated heterocycles. The Hall–Kier alpha value is -3.03. The van der Waals surface area contributed by atoms with Crippen molar-refractivity contribution in [3.05, 3.63) is 95.8 Å². The standard InChI is InChI=1S/C21H21N3O3S/c1-16(20-12-5-6-13-22-20)24-21(25)18-10-7-11-19(14-18)28(26,27)23-15-17-8-3-2-4-9-17/h2-14,16,23H,15H2,1H3,(H,24,25)/t16-/m1/s1. The second-order valence-electron chi connectivity index (χ2n) is 6.29. The van der Waals surface area contributed by atoms with Gasteiger partial charge in [-0.2, -0.15) is 0 Å². The maximum atomic E-state index is 12.6. The van der Waals surface area contributed by atoms with Crippen molar-refractivity contribution in [2.24, 2.45) is 0 Å². The molecule has 2 aromatic carbocycles. The Morgan fingerprint density at radius 3 is 2.46 bits per heavy atom. The molecule has 1 aromatic heterocycles. The molecule has 3 aromatic rings. The lowest BCUT2D eigenvalue weighted by molar-refractivity contribution is 0.0939. The average Bonchev–Trinajstić information content (AvgIpc) is 2.74. The molecular weight excluding hydrogens is 374 g/mol. The first-order chi connectivity index (χ1) is 13.5. The van der Waals surface area contributed by atoms with Crippen molar-refractivity contribution in [3.63, 3.8) is 0 Å². The van der Waals surface area contributed by atoms with Gasteiger partial charge in [0.1, 0.15) is 0 Å². The quantitative estimate of drug-likeness (QED) is 0.644. The molecule has 6 nitrogen and oxygen atoms in total. The van der Waals surface area contributed by atoms with Crippen molar-refractivity contribution < 1.29 is 13.2 Å². The highest BCUT2D eigenvalue weighted by Gasteiger charge is 2.17. The van der Waals surface area contributed by atoms with Gasteiger partial charge in [-0.3, -0.25) is 9.78 Å². The van der Waals surface area contributed by atoms with Gasteiger partial charge in [0.2, 0.25) is 10.0 Å². The van der Waals surface area contributed by atoms with Gasteiger partial charge in [-0.1, -0.05) is 42.5 Å². The maximum Gasteiger partial charge on any atom is 0.251 e. The number of amides is 1. The van der Waals surface area contributed by atoms with Gasteiger partial charge in [0.25, 0.3) is 5.91 Å². The molecule has 0 aliphatic rings. The van der Waals surface area contributed by atoms with Crippen LogP contribution in [-0.4, -0.2) is 19.3 Å². The Balaban J connectivity index is 1.71. The van der Waals surface area contributed by atoms with Gasteiger partial charge in [0.05, 0.1) is 16.6 Å². The van der Waals surface area contributed by atoms with Gasteiger partial charge in [-0.15, -0.1) is 0 Å². The predicted molar refractivity (Wildman–Crippen MR) is 107 cm³/mol. The van der Waals surface area contributed by atoms with Gasteiger partial charge < -0.3 is 5.32 Å². The van der Waals surface area contributed by atoms with Crippen molar-refractivity contribution in [1.82, 2.24) is 15.0 Å². The summed E-state index contributed by atoms with van der Waals surface area (Å²) in [6, 6.07) is 20.4. The van der Waals surface area contributed by atoms with E-state index in [1.54, 1.807) is 24.4 Å². The number of pyridine rings is 1. The number of aromatic nitrogens is 1. The van der Waals surface area contributed by atoms with Crippen LogP contribution in [0.15, 0.2) is 83.9 Å². The van der Waals surface area contributed by atoms with Gasteiger partial charge >= 0.3 is 0 Å². The largest absolute Gasteiger partial charge is 0.344 e. The molecule has 0 spiro atoms. The molecular formula is C21H21N3O3S. The zero-order chi connectivity index (χ0) is 20.0. The SMILES string of the molecule is C[C@@H](NC(=O)c1cccc(S(=O)(=O)NCc2ccccc2)c1)c1ccccn1. The lowest BCUT2D eigenvalue weighted by Crippen LogP contribution is -2.28. The van der Waals surface area contributed by atoms with Gasteiger partial charge in [-0.05, 0) is 42.8 Å². The molecule has 1 amide bonds. The number of hydrogen-bond donors (Lipinski definition) is 2. The van der Waals surface area contributed by atoms with Gasteiger partial charge in [0.15, 0.2) is 0 Å². The van der Waals surface area contributed by atoms with E-state index in [-0.39, 0.29) is 29.0 Å². The van der Waals surface area contributed by atoms with Crippen LogP contribution < -0.4 is 10.0 Å². The first-order valence-corrected chi connectivity index (χ1v) is 10.3. The van der Waals surface area contributed by atoms with E-state index < -0.39 is 10.0 Å². The monoisotopic (exact) mass is 395 g/mol.